The molecule has 0 bridgehead atoms. The Balaban J connectivity index is 1.56. The van der Waals surface area contributed by atoms with E-state index in [1.54, 1.807) is 31.5 Å². The minimum atomic E-state index is -0.991. The van der Waals surface area contributed by atoms with Gasteiger partial charge in [-0.2, -0.15) is 0 Å². The van der Waals surface area contributed by atoms with Crippen molar-refractivity contribution in [3.8, 4) is 11.3 Å². The zero-order valence-corrected chi connectivity index (χ0v) is 21.3. The number of carboxylic acids is 1. The average Bonchev–Trinajstić information content (AvgIpc) is 3.51. The summed E-state index contributed by atoms with van der Waals surface area (Å²) in [6.07, 6.45) is 11.0. The van der Waals surface area contributed by atoms with Gasteiger partial charge in [-0.3, -0.25) is 14.6 Å². The summed E-state index contributed by atoms with van der Waals surface area (Å²) in [5.74, 6) is -0.763. The van der Waals surface area contributed by atoms with Gasteiger partial charge in [-0.05, 0) is 61.4 Å². The zero-order valence-electron chi connectivity index (χ0n) is 21.3. The highest BCUT2D eigenvalue weighted by Gasteiger charge is 2.29. The van der Waals surface area contributed by atoms with Crippen LogP contribution in [0.4, 0.5) is 0 Å². The molecule has 8 heteroatoms. The van der Waals surface area contributed by atoms with Crippen LogP contribution in [0.3, 0.4) is 0 Å². The van der Waals surface area contributed by atoms with E-state index in [2.05, 4.69) is 10.3 Å². The number of hydrogen-bond acceptors (Lipinski definition) is 4. The van der Waals surface area contributed by atoms with Crippen molar-refractivity contribution >= 4 is 28.7 Å². The Morgan fingerprint density at radius 1 is 1.03 bits per heavy atom. The van der Waals surface area contributed by atoms with Crippen LogP contribution in [0.1, 0.15) is 73.7 Å². The number of fused-ring (bicyclic) bond motifs is 1. The molecule has 1 saturated carbocycles. The summed E-state index contributed by atoms with van der Waals surface area (Å²) in [4.78, 5) is 43.1. The fraction of sp³-hybridized carbons (Fsp3) is 0.448. The molecule has 2 fully saturated rings. The summed E-state index contributed by atoms with van der Waals surface area (Å²) in [6.45, 7) is 2.78. The number of carbonyl (C=O) groups excluding carboxylic acids is 2. The number of aromatic nitrogens is 2. The highest BCUT2D eigenvalue weighted by atomic mass is 16.4. The van der Waals surface area contributed by atoms with E-state index in [0.717, 1.165) is 67.2 Å². The molecule has 1 unspecified atom stereocenters. The largest absolute Gasteiger partial charge is 0.478 e. The molecule has 0 spiro atoms. The molecule has 5 rings (SSSR count). The van der Waals surface area contributed by atoms with E-state index in [1.807, 2.05) is 27.7 Å². The van der Waals surface area contributed by atoms with Gasteiger partial charge in [0.05, 0.1) is 16.8 Å². The Morgan fingerprint density at radius 2 is 1.78 bits per heavy atom. The van der Waals surface area contributed by atoms with Gasteiger partial charge in [-0.1, -0.05) is 25.3 Å². The first kappa shape index (κ1) is 25.0. The van der Waals surface area contributed by atoms with Gasteiger partial charge >= 0.3 is 5.97 Å². The van der Waals surface area contributed by atoms with Crippen molar-refractivity contribution in [2.75, 3.05) is 13.1 Å². The molecule has 2 N–H and O–H groups in total. The maximum atomic E-state index is 13.3. The van der Waals surface area contributed by atoms with E-state index < -0.39 is 5.97 Å². The molecule has 2 amide bonds. The van der Waals surface area contributed by atoms with Crippen LogP contribution >= 0.6 is 0 Å². The number of rotatable bonds is 7. The van der Waals surface area contributed by atoms with Crippen molar-refractivity contribution in [1.29, 1.82) is 0 Å². The lowest BCUT2D eigenvalue weighted by Crippen LogP contribution is -2.43. The number of hydrogen-bond donors (Lipinski definition) is 2. The molecule has 1 aromatic carbocycles. The zero-order chi connectivity index (χ0) is 25.9. The fourth-order valence-electron chi connectivity index (χ4n) is 6.19. The van der Waals surface area contributed by atoms with E-state index in [9.17, 15) is 19.5 Å². The molecule has 2 aromatic heterocycles. The van der Waals surface area contributed by atoms with E-state index in [-0.39, 0.29) is 30.0 Å². The van der Waals surface area contributed by atoms with Crippen LogP contribution in [0.15, 0.2) is 42.7 Å². The van der Waals surface area contributed by atoms with Crippen molar-refractivity contribution in [1.82, 2.24) is 19.8 Å². The number of likely N-dealkylation sites (tertiary alicyclic amines) is 1. The first-order chi connectivity index (χ1) is 17.9. The minimum absolute atomic E-state index is 0.0129. The normalized spacial score (nSPS) is 18.3. The molecule has 8 nitrogen and oxygen atoms in total. The van der Waals surface area contributed by atoms with Crippen LogP contribution in [0.2, 0.25) is 0 Å². The quantitative estimate of drug-likeness (QED) is 0.492. The molecule has 3 aromatic rings. The third kappa shape index (κ3) is 5.10. The van der Waals surface area contributed by atoms with E-state index in [0.29, 0.717) is 12.5 Å². The van der Waals surface area contributed by atoms with E-state index in [4.69, 9.17) is 0 Å². The summed E-state index contributed by atoms with van der Waals surface area (Å²) < 4.78 is 1.98. The van der Waals surface area contributed by atoms with Crippen molar-refractivity contribution in [3.05, 3.63) is 53.9 Å². The van der Waals surface area contributed by atoms with Gasteiger partial charge in [0.15, 0.2) is 0 Å². The van der Waals surface area contributed by atoms with Gasteiger partial charge in [-0.15, -0.1) is 0 Å². The number of nitrogens with one attached hydrogen (secondary N) is 1. The summed E-state index contributed by atoms with van der Waals surface area (Å²) in [6, 6.07) is 9.18. The predicted molar refractivity (Wildman–Crippen MR) is 141 cm³/mol. The van der Waals surface area contributed by atoms with Crippen molar-refractivity contribution in [3.63, 3.8) is 0 Å². The minimum Gasteiger partial charge on any atom is -0.478 e. The van der Waals surface area contributed by atoms with Crippen LogP contribution in [0.5, 0.6) is 0 Å². The molecule has 1 atom stereocenters. The van der Waals surface area contributed by atoms with E-state index in [1.165, 1.54) is 12.0 Å². The van der Waals surface area contributed by atoms with Gasteiger partial charge in [0, 0.05) is 49.4 Å². The van der Waals surface area contributed by atoms with Gasteiger partial charge in [0.25, 0.3) is 0 Å². The first-order valence-electron chi connectivity index (χ1n) is 13.3. The van der Waals surface area contributed by atoms with Crippen LogP contribution in [0, 0.1) is 0 Å². The summed E-state index contributed by atoms with van der Waals surface area (Å²) >= 11 is 0. The molecule has 1 aliphatic heterocycles. The maximum Gasteiger partial charge on any atom is 0.335 e. The van der Waals surface area contributed by atoms with Crippen molar-refractivity contribution < 1.29 is 19.5 Å². The Labute approximate surface area is 216 Å². The van der Waals surface area contributed by atoms with Crippen LogP contribution in [-0.4, -0.2) is 56.5 Å². The van der Waals surface area contributed by atoms with Gasteiger partial charge in [0.2, 0.25) is 11.8 Å². The Morgan fingerprint density at radius 3 is 2.49 bits per heavy atom. The second-order valence-electron chi connectivity index (χ2n) is 10.3. The van der Waals surface area contributed by atoms with Crippen LogP contribution < -0.4 is 5.32 Å². The Bertz CT molecular complexity index is 1310. The maximum absolute atomic E-state index is 13.3. The lowest BCUT2D eigenvalue weighted by molar-refractivity contribution is -0.130. The first-order valence-corrected chi connectivity index (χ1v) is 13.3. The number of amides is 2. The number of carbonyl (C=O) groups is 3. The Kier molecular flexibility index (Phi) is 7.26. The highest BCUT2D eigenvalue weighted by Crippen LogP contribution is 2.44. The van der Waals surface area contributed by atoms with Gasteiger partial charge < -0.3 is 19.9 Å². The Hall–Kier alpha value is -3.68. The number of benzene rings is 1. The number of nitrogens with zero attached hydrogens (tertiary/aromatic N) is 3. The number of aromatic carboxylic acids is 1. The molecule has 3 heterocycles. The summed E-state index contributed by atoms with van der Waals surface area (Å²) in [5.41, 5.74) is 4.09. The molecule has 37 heavy (non-hydrogen) atoms. The second kappa shape index (κ2) is 10.7. The average molecular weight is 503 g/mol. The van der Waals surface area contributed by atoms with Crippen molar-refractivity contribution in [2.45, 2.75) is 70.4 Å². The van der Waals surface area contributed by atoms with E-state index >= 15 is 0 Å². The summed E-state index contributed by atoms with van der Waals surface area (Å²) in [7, 11) is 0. The van der Waals surface area contributed by atoms with Crippen LogP contribution in [0.25, 0.3) is 22.2 Å². The molecular formula is C29H34N4O4. The predicted octanol–water partition coefficient (Wildman–Crippen LogP) is 4.58. The highest BCUT2D eigenvalue weighted by molar-refractivity contribution is 5.99. The number of pyridine rings is 1. The lowest BCUT2D eigenvalue weighted by atomic mass is 9.82. The lowest BCUT2D eigenvalue weighted by Gasteiger charge is -2.24. The molecule has 1 saturated heterocycles. The SMILES string of the molecule is CC(=O)N1CCCC1CNC(=O)Cn1c(-c2ccncc2)c(C2CCCCC2)c2ccc(C(=O)O)cc21. The fourth-order valence-corrected chi connectivity index (χ4v) is 6.19. The second-order valence-corrected chi connectivity index (χ2v) is 10.3. The molecule has 1 aliphatic carbocycles. The monoisotopic (exact) mass is 502 g/mol. The molecule has 0 radical (unpaired) electrons. The number of carboxylic acid groups (broad SMARTS) is 1. The summed E-state index contributed by atoms with van der Waals surface area (Å²) in [5, 5.41) is 13.8. The molecule has 2 aliphatic rings. The third-order valence-electron chi connectivity index (χ3n) is 7.94. The van der Waals surface area contributed by atoms with Crippen LogP contribution in [-0.2, 0) is 16.1 Å². The van der Waals surface area contributed by atoms with Crippen molar-refractivity contribution in [2.24, 2.45) is 0 Å². The third-order valence-corrected chi connectivity index (χ3v) is 7.94. The van der Waals surface area contributed by atoms with Gasteiger partial charge in [0.1, 0.15) is 6.54 Å². The standard InChI is InChI=1S/C29H34N4O4/c1-19(34)32-15-5-8-23(32)17-31-26(35)18-33-25-16-22(29(36)37)9-10-24(25)27(20-6-3-2-4-7-20)28(33)21-11-13-30-14-12-21/h9-14,16,20,23H,2-8,15,17-18H2,1H3,(H,31,35)(H,36,37). The topological polar surface area (TPSA) is 105 Å². The smallest absolute Gasteiger partial charge is 0.335 e. The van der Waals surface area contributed by atoms with Gasteiger partial charge in [-0.25, -0.2) is 4.79 Å². The molecular weight excluding hydrogens is 468 g/mol. The molecule has 194 valence electrons.